The molecule has 1 heterocycles. The predicted octanol–water partition coefficient (Wildman–Crippen LogP) is 2.61. The van der Waals surface area contributed by atoms with E-state index in [4.69, 9.17) is 0 Å². The number of carbonyl (C=O) groups excluding carboxylic acids is 1. The molecule has 1 aromatic rings. The van der Waals surface area contributed by atoms with E-state index in [0.717, 1.165) is 13.0 Å². The molecule has 2 aliphatic rings. The number of carbonyl (C=O) groups is 1. The van der Waals surface area contributed by atoms with Crippen molar-refractivity contribution >= 4 is 15.9 Å². The van der Waals surface area contributed by atoms with Crippen molar-refractivity contribution in [3.63, 3.8) is 0 Å². The summed E-state index contributed by atoms with van der Waals surface area (Å²) in [4.78, 5) is 14.3. The molecule has 29 heavy (non-hydrogen) atoms. The first-order chi connectivity index (χ1) is 13.9. The average Bonchev–Trinajstić information content (AvgIpc) is 2.74. The van der Waals surface area contributed by atoms with Crippen LogP contribution in [-0.2, 0) is 14.8 Å². The van der Waals surface area contributed by atoms with Crippen LogP contribution in [0.25, 0.3) is 0 Å². The zero-order chi connectivity index (χ0) is 20.7. The summed E-state index contributed by atoms with van der Waals surface area (Å²) in [6, 6.07) is 4.94. The standard InChI is InChI=1S/C21H32FN3O3S/c22-19-7-9-20(10-8-19)29(27,28)25-16-14-24(15-17-25)13-12-23-21(26)11-6-18-4-2-1-3-5-18/h7-10,18H,1-6,11-17H2,(H,23,26). The van der Waals surface area contributed by atoms with Crippen molar-refractivity contribution in [3.05, 3.63) is 30.1 Å². The number of nitrogens with one attached hydrogen (secondary N) is 1. The summed E-state index contributed by atoms with van der Waals surface area (Å²) in [6.07, 6.45) is 8.06. The fourth-order valence-electron chi connectivity index (χ4n) is 4.20. The lowest BCUT2D eigenvalue weighted by molar-refractivity contribution is -0.121. The van der Waals surface area contributed by atoms with Crippen molar-refractivity contribution in [2.45, 2.75) is 49.8 Å². The number of amides is 1. The van der Waals surface area contributed by atoms with Crippen LogP contribution in [0.15, 0.2) is 29.2 Å². The third-order valence-corrected chi connectivity index (χ3v) is 7.95. The number of hydrogen-bond donors (Lipinski definition) is 1. The highest BCUT2D eigenvalue weighted by molar-refractivity contribution is 7.89. The Morgan fingerprint density at radius 2 is 1.69 bits per heavy atom. The van der Waals surface area contributed by atoms with Crippen LogP contribution >= 0.6 is 0 Å². The van der Waals surface area contributed by atoms with Gasteiger partial charge in [-0.1, -0.05) is 32.1 Å². The third kappa shape index (κ3) is 6.49. The fourth-order valence-corrected chi connectivity index (χ4v) is 5.62. The van der Waals surface area contributed by atoms with Crippen molar-refractivity contribution in [1.82, 2.24) is 14.5 Å². The zero-order valence-electron chi connectivity index (χ0n) is 17.0. The molecule has 8 heteroatoms. The largest absolute Gasteiger partial charge is 0.355 e. The lowest BCUT2D eigenvalue weighted by Crippen LogP contribution is -2.50. The highest BCUT2D eigenvalue weighted by Gasteiger charge is 2.28. The van der Waals surface area contributed by atoms with E-state index in [9.17, 15) is 17.6 Å². The molecule has 0 atom stereocenters. The Bertz CT molecular complexity index is 756. The number of nitrogens with zero attached hydrogens (tertiary/aromatic N) is 2. The van der Waals surface area contributed by atoms with Crippen LogP contribution in [0, 0.1) is 11.7 Å². The second-order valence-electron chi connectivity index (χ2n) is 8.09. The lowest BCUT2D eigenvalue weighted by Gasteiger charge is -2.34. The monoisotopic (exact) mass is 425 g/mol. The molecule has 0 spiro atoms. The van der Waals surface area contributed by atoms with E-state index in [1.807, 2.05) is 0 Å². The van der Waals surface area contributed by atoms with E-state index in [-0.39, 0.29) is 10.8 Å². The van der Waals surface area contributed by atoms with Crippen LogP contribution in [0.2, 0.25) is 0 Å². The van der Waals surface area contributed by atoms with Crippen molar-refractivity contribution in [2.24, 2.45) is 5.92 Å². The van der Waals surface area contributed by atoms with Gasteiger partial charge in [-0.3, -0.25) is 9.69 Å². The molecule has 3 rings (SSSR count). The molecule has 6 nitrogen and oxygen atoms in total. The summed E-state index contributed by atoms with van der Waals surface area (Å²) in [5, 5.41) is 2.99. The molecular formula is C21H32FN3O3S. The maximum Gasteiger partial charge on any atom is 0.243 e. The van der Waals surface area contributed by atoms with Crippen molar-refractivity contribution in [3.8, 4) is 0 Å². The Morgan fingerprint density at radius 3 is 2.34 bits per heavy atom. The summed E-state index contributed by atoms with van der Waals surface area (Å²) < 4.78 is 39.8. The Balaban J connectivity index is 1.34. The van der Waals surface area contributed by atoms with Gasteiger partial charge < -0.3 is 5.32 Å². The van der Waals surface area contributed by atoms with E-state index >= 15 is 0 Å². The van der Waals surface area contributed by atoms with Crippen LogP contribution < -0.4 is 5.32 Å². The lowest BCUT2D eigenvalue weighted by atomic mass is 9.86. The van der Waals surface area contributed by atoms with Crippen LogP contribution in [-0.4, -0.2) is 62.8 Å². The molecule has 1 aliphatic carbocycles. The number of sulfonamides is 1. The summed E-state index contributed by atoms with van der Waals surface area (Å²) in [6.45, 7) is 3.36. The molecule has 0 bridgehead atoms. The summed E-state index contributed by atoms with van der Waals surface area (Å²) in [7, 11) is -3.58. The van der Waals surface area contributed by atoms with Gasteiger partial charge in [-0.05, 0) is 36.6 Å². The van der Waals surface area contributed by atoms with Gasteiger partial charge in [0.25, 0.3) is 0 Å². The van der Waals surface area contributed by atoms with Gasteiger partial charge in [0.05, 0.1) is 4.90 Å². The van der Waals surface area contributed by atoms with Gasteiger partial charge in [0, 0.05) is 45.7 Å². The van der Waals surface area contributed by atoms with Crippen LogP contribution in [0.1, 0.15) is 44.9 Å². The van der Waals surface area contributed by atoms with Crippen LogP contribution in [0.3, 0.4) is 0 Å². The normalized spacial score (nSPS) is 19.9. The fraction of sp³-hybridized carbons (Fsp3) is 0.667. The molecule has 2 fully saturated rings. The smallest absolute Gasteiger partial charge is 0.243 e. The van der Waals surface area contributed by atoms with Crippen LogP contribution in [0.5, 0.6) is 0 Å². The minimum atomic E-state index is -3.58. The Kier molecular flexibility index (Phi) is 8.03. The van der Waals surface area contributed by atoms with Crippen molar-refractivity contribution in [1.29, 1.82) is 0 Å². The molecule has 1 aromatic carbocycles. The predicted molar refractivity (Wildman–Crippen MR) is 110 cm³/mol. The molecule has 1 amide bonds. The van der Waals surface area contributed by atoms with Gasteiger partial charge >= 0.3 is 0 Å². The average molecular weight is 426 g/mol. The van der Waals surface area contributed by atoms with E-state index < -0.39 is 15.8 Å². The Labute approximate surface area is 173 Å². The van der Waals surface area contributed by atoms with Gasteiger partial charge in [0.15, 0.2) is 0 Å². The van der Waals surface area contributed by atoms with E-state index in [1.54, 1.807) is 0 Å². The quantitative estimate of drug-likeness (QED) is 0.695. The number of rotatable bonds is 8. The van der Waals surface area contributed by atoms with Crippen LogP contribution in [0.4, 0.5) is 4.39 Å². The Morgan fingerprint density at radius 1 is 1.03 bits per heavy atom. The SMILES string of the molecule is O=C(CCC1CCCCC1)NCCN1CCN(S(=O)(=O)c2ccc(F)cc2)CC1. The van der Waals surface area contributed by atoms with E-state index in [2.05, 4.69) is 10.2 Å². The minimum Gasteiger partial charge on any atom is -0.355 e. The van der Waals surface area contributed by atoms with E-state index in [1.165, 1.54) is 60.7 Å². The van der Waals surface area contributed by atoms with Gasteiger partial charge in [-0.25, -0.2) is 12.8 Å². The molecule has 1 saturated carbocycles. The topological polar surface area (TPSA) is 69.7 Å². The first kappa shape index (κ1) is 22.2. The number of piperazine rings is 1. The molecule has 1 saturated heterocycles. The zero-order valence-corrected chi connectivity index (χ0v) is 17.8. The summed E-state index contributed by atoms with van der Waals surface area (Å²) >= 11 is 0. The van der Waals surface area contributed by atoms with Gasteiger partial charge in [-0.2, -0.15) is 4.31 Å². The van der Waals surface area contributed by atoms with Gasteiger partial charge in [0.2, 0.25) is 15.9 Å². The third-order valence-electron chi connectivity index (χ3n) is 6.04. The van der Waals surface area contributed by atoms with E-state index in [0.29, 0.717) is 45.1 Å². The highest BCUT2D eigenvalue weighted by Crippen LogP contribution is 2.27. The second kappa shape index (κ2) is 10.5. The maximum absolute atomic E-state index is 13.0. The number of benzene rings is 1. The Hall–Kier alpha value is -1.51. The molecule has 1 aliphatic heterocycles. The first-order valence-electron chi connectivity index (χ1n) is 10.7. The van der Waals surface area contributed by atoms with Crippen molar-refractivity contribution in [2.75, 3.05) is 39.3 Å². The number of hydrogen-bond acceptors (Lipinski definition) is 4. The summed E-state index contributed by atoms with van der Waals surface area (Å²) in [5.74, 6) is 0.383. The molecule has 1 N–H and O–H groups in total. The minimum absolute atomic E-state index is 0.119. The highest BCUT2D eigenvalue weighted by atomic mass is 32.2. The molecule has 0 aromatic heterocycles. The van der Waals surface area contributed by atoms with Gasteiger partial charge in [-0.15, -0.1) is 0 Å². The first-order valence-corrected chi connectivity index (χ1v) is 12.1. The molecule has 0 radical (unpaired) electrons. The molecular weight excluding hydrogens is 393 g/mol. The molecule has 162 valence electrons. The summed E-state index contributed by atoms with van der Waals surface area (Å²) in [5.41, 5.74) is 0. The number of halogens is 1. The van der Waals surface area contributed by atoms with Gasteiger partial charge in [0.1, 0.15) is 5.82 Å². The second-order valence-corrected chi connectivity index (χ2v) is 10.0. The maximum atomic E-state index is 13.0. The van der Waals surface area contributed by atoms with Crippen molar-refractivity contribution < 1.29 is 17.6 Å². The molecule has 0 unspecified atom stereocenters.